The van der Waals surface area contributed by atoms with Gasteiger partial charge in [-0.1, -0.05) is 13.3 Å². The molecule has 0 aliphatic rings. The predicted molar refractivity (Wildman–Crippen MR) is 55.4 cm³/mol. The van der Waals surface area contributed by atoms with Crippen molar-refractivity contribution in [3.63, 3.8) is 0 Å². The Labute approximate surface area is 88.5 Å². The van der Waals surface area contributed by atoms with Gasteiger partial charge in [0.25, 0.3) is 5.91 Å². The normalized spacial score (nSPS) is 11.8. The molecule has 0 saturated heterocycles. The number of hydrogen-bond acceptors (Lipinski definition) is 3. The Balaban J connectivity index is 2.99. The minimum Gasteiger partial charge on any atom is -0.327 e. The Morgan fingerprint density at radius 3 is 3.07 bits per heavy atom. The summed E-state index contributed by atoms with van der Waals surface area (Å²) in [5.74, 6) is 4.83. The summed E-state index contributed by atoms with van der Waals surface area (Å²) in [7, 11) is 0. The molecular formula is C10H14N4O. The van der Waals surface area contributed by atoms with Gasteiger partial charge < -0.3 is 4.57 Å². The average Bonchev–Trinajstić information content (AvgIpc) is 2.72. The van der Waals surface area contributed by atoms with Gasteiger partial charge in [0.15, 0.2) is 0 Å². The van der Waals surface area contributed by atoms with E-state index in [0.29, 0.717) is 12.1 Å². The zero-order valence-electron chi connectivity index (χ0n) is 8.60. The van der Waals surface area contributed by atoms with Crippen molar-refractivity contribution in [2.45, 2.75) is 25.8 Å². The number of nitrogens with one attached hydrogen (secondary N) is 1. The van der Waals surface area contributed by atoms with Gasteiger partial charge in [0.1, 0.15) is 17.8 Å². The van der Waals surface area contributed by atoms with Crippen LogP contribution < -0.4 is 11.3 Å². The summed E-state index contributed by atoms with van der Waals surface area (Å²) in [6.45, 7) is 1.98. The van der Waals surface area contributed by atoms with E-state index in [9.17, 15) is 4.79 Å². The maximum Gasteiger partial charge on any atom is 0.256 e. The summed E-state index contributed by atoms with van der Waals surface area (Å²) in [5.41, 5.74) is 2.59. The van der Waals surface area contributed by atoms with Crippen molar-refractivity contribution < 1.29 is 4.79 Å². The number of amides is 1. The molecule has 0 saturated carbocycles. The van der Waals surface area contributed by atoms with E-state index in [1.165, 1.54) is 0 Å². The quantitative estimate of drug-likeness (QED) is 0.432. The number of rotatable bonds is 4. The van der Waals surface area contributed by atoms with E-state index >= 15 is 0 Å². The number of hydrogen-bond donors (Lipinski definition) is 2. The van der Waals surface area contributed by atoms with E-state index in [4.69, 9.17) is 11.1 Å². The number of nitrogens with zero attached hydrogens (tertiary/aromatic N) is 2. The molecule has 1 aromatic heterocycles. The second kappa shape index (κ2) is 5.17. The lowest BCUT2D eigenvalue weighted by Gasteiger charge is -2.17. The van der Waals surface area contributed by atoms with Crippen LogP contribution in [0.2, 0.25) is 0 Å². The van der Waals surface area contributed by atoms with Gasteiger partial charge in [0.05, 0.1) is 0 Å². The van der Waals surface area contributed by atoms with Gasteiger partial charge in [-0.3, -0.25) is 10.2 Å². The summed E-state index contributed by atoms with van der Waals surface area (Å²) < 4.78 is 1.64. The van der Waals surface area contributed by atoms with E-state index in [0.717, 1.165) is 6.42 Å². The molecule has 0 radical (unpaired) electrons. The third kappa shape index (κ3) is 2.36. The summed E-state index contributed by atoms with van der Waals surface area (Å²) in [6.07, 6.45) is 3.22. The van der Waals surface area contributed by atoms with Gasteiger partial charge in [-0.25, -0.2) is 5.84 Å². The van der Waals surface area contributed by atoms with Crippen molar-refractivity contribution in [2.75, 3.05) is 0 Å². The molecule has 5 heteroatoms. The molecule has 1 amide bonds. The van der Waals surface area contributed by atoms with Crippen molar-refractivity contribution in [3.05, 3.63) is 24.0 Å². The van der Waals surface area contributed by atoms with Gasteiger partial charge in [-0.05, 0) is 18.6 Å². The van der Waals surface area contributed by atoms with Gasteiger partial charge in [0.2, 0.25) is 0 Å². The zero-order chi connectivity index (χ0) is 11.3. The Morgan fingerprint density at radius 2 is 2.53 bits per heavy atom. The van der Waals surface area contributed by atoms with Crippen LogP contribution >= 0.6 is 0 Å². The van der Waals surface area contributed by atoms with Gasteiger partial charge in [-0.2, -0.15) is 5.26 Å². The SMILES string of the molecule is CCCC(C(=O)NN)n1cccc1C#N. The molecule has 1 rings (SSSR count). The third-order valence-electron chi connectivity index (χ3n) is 2.24. The largest absolute Gasteiger partial charge is 0.327 e. The highest BCUT2D eigenvalue weighted by atomic mass is 16.2. The first-order chi connectivity index (χ1) is 7.24. The second-order valence-corrected chi connectivity index (χ2v) is 3.23. The highest BCUT2D eigenvalue weighted by Crippen LogP contribution is 2.16. The van der Waals surface area contributed by atoms with E-state index < -0.39 is 6.04 Å². The van der Waals surface area contributed by atoms with Crippen LogP contribution in [0, 0.1) is 11.3 Å². The Bertz CT molecular complexity index is 377. The van der Waals surface area contributed by atoms with Crippen LogP contribution in [0.5, 0.6) is 0 Å². The van der Waals surface area contributed by atoms with Crippen molar-refractivity contribution in [1.82, 2.24) is 9.99 Å². The molecule has 15 heavy (non-hydrogen) atoms. The lowest BCUT2D eigenvalue weighted by atomic mass is 10.1. The number of nitrogens with two attached hydrogens (primary N) is 1. The molecule has 0 aromatic carbocycles. The predicted octanol–water partition coefficient (Wildman–Crippen LogP) is 0.691. The molecule has 0 fully saturated rings. The lowest BCUT2D eigenvalue weighted by molar-refractivity contribution is -0.124. The first-order valence-corrected chi connectivity index (χ1v) is 4.82. The molecule has 80 valence electrons. The standard InChI is InChI=1S/C10H14N4O/c1-2-4-9(10(15)13-12)14-6-3-5-8(14)7-11/h3,5-6,9H,2,4,12H2,1H3,(H,13,15). The molecule has 0 bridgehead atoms. The number of aromatic nitrogens is 1. The maximum atomic E-state index is 11.5. The van der Waals surface area contributed by atoms with Crippen LogP contribution in [0.3, 0.4) is 0 Å². The van der Waals surface area contributed by atoms with Crippen molar-refractivity contribution >= 4 is 5.91 Å². The molecule has 1 unspecified atom stereocenters. The van der Waals surface area contributed by atoms with Gasteiger partial charge >= 0.3 is 0 Å². The zero-order valence-corrected chi connectivity index (χ0v) is 8.60. The number of carbonyl (C=O) groups excluding carboxylic acids is 1. The third-order valence-corrected chi connectivity index (χ3v) is 2.24. The monoisotopic (exact) mass is 206 g/mol. The van der Waals surface area contributed by atoms with Crippen molar-refractivity contribution in [2.24, 2.45) is 5.84 Å². The Kier molecular flexibility index (Phi) is 3.89. The fourth-order valence-corrected chi connectivity index (χ4v) is 1.53. The van der Waals surface area contributed by atoms with Crippen LogP contribution in [0.1, 0.15) is 31.5 Å². The summed E-state index contributed by atoms with van der Waals surface area (Å²) in [5, 5.41) is 8.85. The number of nitriles is 1. The summed E-state index contributed by atoms with van der Waals surface area (Å²) in [4.78, 5) is 11.5. The molecule has 3 N–H and O–H groups in total. The minimum atomic E-state index is -0.398. The maximum absolute atomic E-state index is 11.5. The lowest BCUT2D eigenvalue weighted by Crippen LogP contribution is -2.37. The Hall–Kier alpha value is -1.80. The molecule has 5 nitrogen and oxygen atoms in total. The second-order valence-electron chi connectivity index (χ2n) is 3.23. The summed E-state index contributed by atoms with van der Waals surface area (Å²) >= 11 is 0. The van der Waals surface area contributed by atoms with Gasteiger partial charge in [0, 0.05) is 6.20 Å². The first-order valence-electron chi connectivity index (χ1n) is 4.82. The highest BCUT2D eigenvalue weighted by Gasteiger charge is 2.19. The molecule has 1 aromatic rings. The molecule has 1 atom stereocenters. The smallest absolute Gasteiger partial charge is 0.256 e. The van der Waals surface area contributed by atoms with Crippen LogP contribution in [-0.4, -0.2) is 10.5 Å². The van der Waals surface area contributed by atoms with E-state index in [2.05, 4.69) is 5.43 Å². The van der Waals surface area contributed by atoms with E-state index in [-0.39, 0.29) is 5.91 Å². The van der Waals surface area contributed by atoms with Crippen LogP contribution in [-0.2, 0) is 4.79 Å². The van der Waals surface area contributed by atoms with E-state index in [1.54, 1.807) is 22.9 Å². The molecule has 0 spiro atoms. The minimum absolute atomic E-state index is 0.274. The van der Waals surface area contributed by atoms with Crippen molar-refractivity contribution in [1.29, 1.82) is 5.26 Å². The Morgan fingerprint density at radius 1 is 1.80 bits per heavy atom. The van der Waals surface area contributed by atoms with E-state index in [1.807, 2.05) is 13.0 Å². The van der Waals surface area contributed by atoms with Crippen LogP contribution in [0.4, 0.5) is 0 Å². The summed E-state index contributed by atoms with van der Waals surface area (Å²) in [6, 6.07) is 5.05. The van der Waals surface area contributed by atoms with Gasteiger partial charge in [-0.15, -0.1) is 0 Å². The number of hydrazine groups is 1. The first kappa shape index (κ1) is 11.3. The number of carbonyl (C=O) groups is 1. The average molecular weight is 206 g/mol. The molecular weight excluding hydrogens is 192 g/mol. The van der Waals surface area contributed by atoms with Crippen LogP contribution in [0.25, 0.3) is 0 Å². The molecule has 0 aliphatic carbocycles. The van der Waals surface area contributed by atoms with Crippen molar-refractivity contribution in [3.8, 4) is 6.07 Å². The van der Waals surface area contributed by atoms with Crippen LogP contribution in [0.15, 0.2) is 18.3 Å². The topological polar surface area (TPSA) is 83.8 Å². The molecule has 1 heterocycles. The molecule has 0 aliphatic heterocycles. The highest BCUT2D eigenvalue weighted by molar-refractivity contribution is 5.79. The fraction of sp³-hybridized carbons (Fsp3) is 0.400. The fourth-order valence-electron chi connectivity index (χ4n) is 1.53.